The van der Waals surface area contributed by atoms with Crippen molar-refractivity contribution in [3.63, 3.8) is 0 Å². The summed E-state index contributed by atoms with van der Waals surface area (Å²) >= 11 is 0. The molecule has 8 nitrogen and oxygen atoms in total. The summed E-state index contributed by atoms with van der Waals surface area (Å²) in [6, 6.07) is 4.22. The summed E-state index contributed by atoms with van der Waals surface area (Å²) in [5, 5.41) is 14.1. The molecule has 0 spiro atoms. The fraction of sp³-hybridized carbons (Fsp3) is 0.409. The Morgan fingerprint density at radius 3 is 2.73 bits per heavy atom. The summed E-state index contributed by atoms with van der Waals surface area (Å²) in [4.78, 5) is 14.0. The molecule has 0 saturated carbocycles. The Morgan fingerprint density at radius 2 is 1.93 bits per heavy atom. The molecule has 8 heteroatoms. The maximum absolute atomic E-state index is 4.90. The van der Waals surface area contributed by atoms with Gasteiger partial charge in [0.25, 0.3) is 0 Å². The number of nitrogens with zero attached hydrogens (tertiary/aromatic N) is 7. The summed E-state index contributed by atoms with van der Waals surface area (Å²) in [5.41, 5.74) is 7.45. The highest BCUT2D eigenvalue weighted by atomic mass is 15.3. The molecular formula is C22H26N8. The molecule has 0 aromatic carbocycles. The molecule has 30 heavy (non-hydrogen) atoms. The first-order valence-electron chi connectivity index (χ1n) is 10.6. The zero-order valence-electron chi connectivity index (χ0n) is 17.7. The fourth-order valence-electron chi connectivity index (χ4n) is 4.06. The molecule has 1 aliphatic heterocycles. The third-order valence-corrected chi connectivity index (χ3v) is 5.61. The van der Waals surface area contributed by atoms with Crippen LogP contribution in [-0.4, -0.2) is 41.1 Å². The number of aromatic nitrogens is 7. The topological polar surface area (TPSA) is 86.3 Å². The third kappa shape index (κ3) is 3.27. The van der Waals surface area contributed by atoms with Crippen LogP contribution in [0.2, 0.25) is 0 Å². The van der Waals surface area contributed by atoms with Crippen molar-refractivity contribution in [2.24, 2.45) is 0 Å². The minimum absolute atomic E-state index is 0.733. The van der Waals surface area contributed by atoms with Crippen molar-refractivity contribution in [2.45, 2.75) is 53.2 Å². The van der Waals surface area contributed by atoms with Gasteiger partial charge in [0.2, 0.25) is 0 Å². The SMILES string of the molecule is CCCn1nc2nc(-c3cc4n(n3)CCCNC4)cc(-c3cnc(C)cn3)c2c1C. The van der Waals surface area contributed by atoms with E-state index in [1.165, 1.54) is 5.69 Å². The fourth-order valence-corrected chi connectivity index (χ4v) is 4.06. The van der Waals surface area contributed by atoms with E-state index in [2.05, 4.69) is 45.9 Å². The Bertz CT molecular complexity index is 1180. The lowest BCUT2D eigenvalue weighted by Gasteiger charge is -2.06. The number of aryl methyl sites for hydroxylation is 4. The van der Waals surface area contributed by atoms with Gasteiger partial charge in [0.15, 0.2) is 5.65 Å². The van der Waals surface area contributed by atoms with Crippen LogP contribution in [0.4, 0.5) is 0 Å². The summed E-state index contributed by atoms with van der Waals surface area (Å²) < 4.78 is 4.13. The Labute approximate surface area is 175 Å². The standard InChI is InChI=1S/C22H26N8/c1-4-7-29-15(3)21-17(20-13-24-14(2)11-25-20)10-18(26-22(21)28-29)19-9-16-12-23-6-5-8-30(16)27-19/h9-11,13,23H,4-8,12H2,1-3H3. The largest absolute Gasteiger partial charge is 0.311 e. The quantitative estimate of drug-likeness (QED) is 0.564. The van der Waals surface area contributed by atoms with Crippen LogP contribution in [0.1, 0.15) is 36.8 Å². The molecule has 1 N–H and O–H groups in total. The molecule has 5 rings (SSSR count). The average Bonchev–Trinajstić information content (AvgIpc) is 3.21. The Morgan fingerprint density at radius 1 is 1.03 bits per heavy atom. The van der Waals surface area contributed by atoms with Gasteiger partial charge < -0.3 is 5.32 Å². The molecule has 1 aliphatic rings. The number of rotatable bonds is 4. The van der Waals surface area contributed by atoms with Gasteiger partial charge in [0.1, 0.15) is 5.69 Å². The van der Waals surface area contributed by atoms with Gasteiger partial charge in [-0.2, -0.15) is 10.2 Å². The average molecular weight is 403 g/mol. The maximum Gasteiger partial charge on any atom is 0.182 e. The molecule has 0 saturated heterocycles. The first kappa shape index (κ1) is 18.9. The van der Waals surface area contributed by atoms with Gasteiger partial charge in [-0.25, -0.2) is 4.98 Å². The molecule has 0 bridgehead atoms. The highest BCUT2D eigenvalue weighted by molar-refractivity contribution is 5.95. The third-order valence-electron chi connectivity index (χ3n) is 5.61. The monoisotopic (exact) mass is 402 g/mol. The van der Waals surface area contributed by atoms with Crippen molar-refractivity contribution < 1.29 is 0 Å². The molecule has 154 valence electrons. The number of fused-ring (bicyclic) bond motifs is 2. The van der Waals surface area contributed by atoms with Crippen molar-refractivity contribution in [1.82, 2.24) is 39.8 Å². The van der Waals surface area contributed by atoms with Crippen LogP contribution < -0.4 is 5.32 Å². The molecule has 0 unspecified atom stereocenters. The maximum atomic E-state index is 4.90. The van der Waals surface area contributed by atoms with Gasteiger partial charge in [0, 0.05) is 37.1 Å². The molecule has 5 heterocycles. The Hall–Kier alpha value is -3.13. The zero-order chi connectivity index (χ0) is 20.7. The molecule has 4 aromatic heterocycles. The van der Waals surface area contributed by atoms with E-state index >= 15 is 0 Å². The number of hydrogen-bond acceptors (Lipinski definition) is 6. The lowest BCUT2D eigenvalue weighted by atomic mass is 10.1. The van der Waals surface area contributed by atoms with Gasteiger partial charge in [-0.3, -0.25) is 19.3 Å². The van der Waals surface area contributed by atoms with Crippen molar-refractivity contribution in [1.29, 1.82) is 0 Å². The van der Waals surface area contributed by atoms with E-state index in [1.54, 1.807) is 6.20 Å². The van der Waals surface area contributed by atoms with Gasteiger partial charge in [-0.1, -0.05) is 6.92 Å². The highest BCUT2D eigenvalue weighted by Gasteiger charge is 2.20. The summed E-state index contributed by atoms with van der Waals surface area (Å²) in [6.07, 6.45) is 5.72. The molecule has 0 fully saturated rings. The van der Waals surface area contributed by atoms with E-state index in [4.69, 9.17) is 15.2 Å². The van der Waals surface area contributed by atoms with Crippen molar-refractivity contribution in [3.05, 3.63) is 41.6 Å². The summed E-state index contributed by atoms with van der Waals surface area (Å²) in [6.45, 7) is 9.83. The van der Waals surface area contributed by atoms with Crippen LogP contribution in [0.5, 0.6) is 0 Å². The number of pyridine rings is 1. The van der Waals surface area contributed by atoms with Gasteiger partial charge in [-0.05, 0) is 45.4 Å². The number of hydrogen-bond donors (Lipinski definition) is 1. The van der Waals surface area contributed by atoms with Crippen molar-refractivity contribution in [3.8, 4) is 22.6 Å². The lowest BCUT2D eigenvalue weighted by molar-refractivity contribution is 0.588. The Kier molecular flexibility index (Phi) is 4.78. The highest BCUT2D eigenvalue weighted by Crippen LogP contribution is 2.32. The first-order chi connectivity index (χ1) is 14.6. The van der Waals surface area contributed by atoms with E-state index in [0.717, 1.165) is 84.1 Å². The molecular weight excluding hydrogens is 376 g/mol. The molecule has 0 radical (unpaired) electrons. The second-order valence-electron chi connectivity index (χ2n) is 7.88. The van der Waals surface area contributed by atoms with Gasteiger partial charge >= 0.3 is 0 Å². The van der Waals surface area contributed by atoms with Crippen LogP contribution in [0, 0.1) is 13.8 Å². The van der Waals surface area contributed by atoms with Crippen LogP contribution in [0.15, 0.2) is 24.5 Å². The van der Waals surface area contributed by atoms with Crippen molar-refractivity contribution >= 4 is 11.0 Å². The summed E-state index contributed by atoms with van der Waals surface area (Å²) in [7, 11) is 0. The zero-order valence-corrected chi connectivity index (χ0v) is 17.7. The molecule has 0 amide bonds. The molecule has 4 aromatic rings. The normalized spacial score (nSPS) is 14.1. The minimum atomic E-state index is 0.733. The minimum Gasteiger partial charge on any atom is -0.311 e. The van der Waals surface area contributed by atoms with E-state index in [-0.39, 0.29) is 0 Å². The molecule has 0 aliphatic carbocycles. The lowest BCUT2D eigenvalue weighted by Crippen LogP contribution is -2.11. The van der Waals surface area contributed by atoms with Crippen LogP contribution >= 0.6 is 0 Å². The van der Waals surface area contributed by atoms with Crippen LogP contribution in [0.25, 0.3) is 33.7 Å². The van der Waals surface area contributed by atoms with Crippen LogP contribution in [0.3, 0.4) is 0 Å². The van der Waals surface area contributed by atoms with E-state index in [9.17, 15) is 0 Å². The van der Waals surface area contributed by atoms with Gasteiger partial charge in [0.05, 0.1) is 34.4 Å². The smallest absolute Gasteiger partial charge is 0.182 e. The van der Waals surface area contributed by atoms with Crippen molar-refractivity contribution in [2.75, 3.05) is 6.54 Å². The second kappa shape index (κ2) is 7.60. The van der Waals surface area contributed by atoms with Crippen LogP contribution in [-0.2, 0) is 19.6 Å². The van der Waals surface area contributed by atoms with E-state index in [0.29, 0.717) is 0 Å². The predicted octanol–water partition coefficient (Wildman–Crippen LogP) is 3.27. The van der Waals surface area contributed by atoms with Gasteiger partial charge in [-0.15, -0.1) is 0 Å². The summed E-state index contributed by atoms with van der Waals surface area (Å²) in [5.74, 6) is 0. The predicted molar refractivity (Wildman–Crippen MR) is 116 cm³/mol. The molecule has 0 atom stereocenters. The second-order valence-corrected chi connectivity index (χ2v) is 7.88. The number of nitrogens with one attached hydrogen (secondary N) is 1. The first-order valence-corrected chi connectivity index (χ1v) is 10.6. The Balaban J connectivity index is 1.71. The van der Waals surface area contributed by atoms with E-state index in [1.807, 2.05) is 17.8 Å². The van der Waals surface area contributed by atoms with E-state index < -0.39 is 0 Å².